The van der Waals surface area contributed by atoms with Crippen LogP contribution >= 0.6 is 24.1 Å². The number of ether oxygens (including phenoxy) is 2. The second-order valence-corrected chi connectivity index (χ2v) is 9.38. The number of epoxide rings is 1. The molecule has 36 heavy (non-hydrogen) atoms. The summed E-state index contributed by atoms with van der Waals surface area (Å²) in [6.07, 6.45) is 1.22. The summed E-state index contributed by atoms with van der Waals surface area (Å²) >= 11 is 0.973. The predicted octanol–water partition coefficient (Wildman–Crippen LogP) is 5.20. The van der Waals surface area contributed by atoms with E-state index in [1.807, 2.05) is 36.4 Å². The molecule has 0 spiro atoms. The molecule has 3 aromatic carbocycles. The molecular weight excluding hydrogens is 500 g/mol. The van der Waals surface area contributed by atoms with E-state index in [-0.39, 0.29) is 6.42 Å². The molecule has 0 amide bonds. The Labute approximate surface area is 217 Å². The fourth-order valence-corrected chi connectivity index (χ4v) is 5.22. The molecule has 0 radical (unpaired) electrons. The molecule has 3 aromatic rings. The smallest absolute Gasteiger partial charge is 0.350 e. The molecule has 4 rings (SSSR count). The Bertz CT molecular complexity index is 1190. The second kappa shape index (κ2) is 11.6. The van der Waals surface area contributed by atoms with Crippen LogP contribution in [0.3, 0.4) is 0 Å². The number of rotatable bonds is 11. The summed E-state index contributed by atoms with van der Waals surface area (Å²) in [4.78, 5) is 39.7. The minimum Gasteiger partial charge on any atom is -0.466 e. The van der Waals surface area contributed by atoms with Crippen LogP contribution in [-0.2, 0) is 30.3 Å². The highest BCUT2D eigenvalue weighted by molar-refractivity contribution is 8.11. The van der Waals surface area contributed by atoms with E-state index in [9.17, 15) is 14.4 Å². The van der Waals surface area contributed by atoms with Crippen molar-refractivity contribution >= 4 is 40.3 Å². The lowest BCUT2D eigenvalue weighted by molar-refractivity contribution is -0.149. The van der Waals surface area contributed by atoms with Gasteiger partial charge in [0.1, 0.15) is 35.6 Å². The van der Waals surface area contributed by atoms with Crippen molar-refractivity contribution in [2.75, 3.05) is 7.11 Å². The van der Waals surface area contributed by atoms with Gasteiger partial charge in [-0.2, -0.15) is 0 Å². The van der Waals surface area contributed by atoms with E-state index in [1.165, 1.54) is 0 Å². The first-order chi connectivity index (χ1) is 17.5. The maximum absolute atomic E-state index is 13.5. The van der Waals surface area contributed by atoms with Crippen LogP contribution in [0.1, 0.15) is 18.4 Å². The van der Waals surface area contributed by atoms with Crippen molar-refractivity contribution < 1.29 is 32.2 Å². The number of aryl methyl sites for hydroxylation is 1. The predicted molar refractivity (Wildman–Crippen MR) is 137 cm³/mol. The molecule has 1 saturated heterocycles. The molecule has 1 fully saturated rings. The largest absolute Gasteiger partial charge is 0.466 e. The van der Waals surface area contributed by atoms with Crippen LogP contribution < -0.4 is 8.37 Å². The van der Waals surface area contributed by atoms with Crippen LogP contribution in [0.25, 0.3) is 0 Å². The van der Waals surface area contributed by atoms with Crippen molar-refractivity contribution in [2.24, 2.45) is 0 Å². The van der Waals surface area contributed by atoms with Gasteiger partial charge >= 0.3 is 5.97 Å². The maximum atomic E-state index is 13.5. The van der Waals surface area contributed by atoms with Gasteiger partial charge in [0, 0.05) is 0 Å². The molecule has 7 nitrogen and oxygen atoms in total. The molecule has 0 aliphatic carbocycles. The van der Waals surface area contributed by atoms with Gasteiger partial charge in [-0.25, -0.2) is 4.79 Å². The molecule has 0 aromatic heterocycles. The highest BCUT2D eigenvalue weighted by Crippen LogP contribution is 2.57. The molecule has 186 valence electrons. The SMILES string of the molecule is COC(=O)[C@]1(C(=O)SOc2ccccc2)O[C@]1(CCCc1ccccc1)C(=O)SOc1ccccc1. The van der Waals surface area contributed by atoms with Gasteiger partial charge in [0.05, 0.1) is 7.11 Å². The van der Waals surface area contributed by atoms with Gasteiger partial charge in [-0.1, -0.05) is 66.7 Å². The van der Waals surface area contributed by atoms with Gasteiger partial charge < -0.3 is 17.8 Å². The van der Waals surface area contributed by atoms with Crippen LogP contribution in [-0.4, -0.2) is 34.5 Å². The Hall–Kier alpha value is -3.27. The van der Waals surface area contributed by atoms with E-state index in [0.29, 0.717) is 48.4 Å². The first-order valence-electron chi connectivity index (χ1n) is 11.2. The normalized spacial score (nSPS) is 20.2. The summed E-state index contributed by atoms with van der Waals surface area (Å²) < 4.78 is 21.8. The number of esters is 1. The van der Waals surface area contributed by atoms with E-state index >= 15 is 0 Å². The van der Waals surface area contributed by atoms with Crippen LogP contribution in [0.2, 0.25) is 0 Å². The van der Waals surface area contributed by atoms with E-state index in [0.717, 1.165) is 12.7 Å². The van der Waals surface area contributed by atoms with Gasteiger partial charge in [-0.05, 0) is 49.1 Å². The second-order valence-electron chi connectivity index (χ2n) is 7.98. The Balaban J connectivity index is 1.55. The topological polar surface area (TPSA) is 91.4 Å². The van der Waals surface area contributed by atoms with Crippen molar-refractivity contribution in [1.82, 2.24) is 0 Å². The zero-order valence-corrected chi connectivity index (χ0v) is 21.1. The third kappa shape index (κ3) is 5.43. The number of hydrogen-bond acceptors (Lipinski definition) is 9. The molecule has 0 unspecified atom stereocenters. The summed E-state index contributed by atoms with van der Waals surface area (Å²) in [6, 6.07) is 27.1. The average molecular weight is 525 g/mol. The number of carbonyl (C=O) groups is 3. The maximum Gasteiger partial charge on any atom is 0.350 e. The van der Waals surface area contributed by atoms with E-state index in [1.54, 1.807) is 54.6 Å². The van der Waals surface area contributed by atoms with Gasteiger partial charge in [-0.15, -0.1) is 0 Å². The lowest BCUT2D eigenvalue weighted by Crippen LogP contribution is -2.45. The lowest BCUT2D eigenvalue weighted by Gasteiger charge is -2.16. The molecule has 0 bridgehead atoms. The number of methoxy groups -OCH3 is 1. The fourth-order valence-electron chi connectivity index (χ4n) is 3.83. The van der Waals surface area contributed by atoms with E-state index in [2.05, 4.69) is 0 Å². The summed E-state index contributed by atoms with van der Waals surface area (Å²) in [5, 5.41) is -1.37. The molecule has 2 atom stereocenters. The third-order valence-corrected chi connectivity index (χ3v) is 7.17. The summed E-state index contributed by atoms with van der Waals surface area (Å²) in [7, 11) is 1.15. The van der Waals surface area contributed by atoms with Crippen LogP contribution in [0.5, 0.6) is 11.5 Å². The summed E-state index contributed by atoms with van der Waals surface area (Å²) in [5.41, 5.74) is -2.83. The molecule has 0 saturated carbocycles. The number of para-hydroxylation sites is 2. The monoisotopic (exact) mass is 524 g/mol. The van der Waals surface area contributed by atoms with Gasteiger partial charge in [-0.3, -0.25) is 9.59 Å². The highest BCUT2D eigenvalue weighted by atomic mass is 32.2. The molecule has 0 N–H and O–H groups in total. The number of benzene rings is 3. The Morgan fingerprint density at radius 1 is 0.750 bits per heavy atom. The minimum absolute atomic E-state index is 0.110. The average Bonchev–Trinajstić information content (AvgIpc) is 3.63. The zero-order chi connectivity index (χ0) is 25.4. The van der Waals surface area contributed by atoms with Crippen molar-refractivity contribution in [2.45, 2.75) is 30.5 Å². The van der Waals surface area contributed by atoms with Crippen molar-refractivity contribution in [1.29, 1.82) is 0 Å². The first-order valence-corrected chi connectivity index (χ1v) is 12.7. The molecule has 9 heteroatoms. The first kappa shape index (κ1) is 25.8. The summed E-state index contributed by atoms with van der Waals surface area (Å²) in [5.74, 6) is -0.0861. The minimum atomic E-state index is -2.14. The molecular formula is C27H24O7S2. The third-order valence-electron chi connectivity index (χ3n) is 5.70. The molecule has 1 aliphatic heterocycles. The van der Waals surface area contributed by atoms with Crippen LogP contribution in [0.15, 0.2) is 91.0 Å². The standard InChI is InChI=1S/C27H24O7S2/c1-31-23(28)27(25(30)36-33-22-17-9-4-10-18-22)26(34-27,19-11-14-20-12-5-2-6-13-20)24(29)35-32-21-15-7-3-8-16-21/h2-10,12-13,15-18H,11,14,19H2,1H3/t26-,27-/m1/s1. The van der Waals surface area contributed by atoms with Gasteiger partial charge in [0.25, 0.3) is 15.8 Å². The van der Waals surface area contributed by atoms with E-state index in [4.69, 9.17) is 17.8 Å². The lowest BCUT2D eigenvalue weighted by atomic mass is 9.89. The summed E-state index contributed by atoms with van der Waals surface area (Å²) in [6.45, 7) is 0. The van der Waals surface area contributed by atoms with Gasteiger partial charge in [0.15, 0.2) is 5.60 Å². The number of hydrogen-bond donors (Lipinski definition) is 0. The van der Waals surface area contributed by atoms with Crippen LogP contribution in [0, 0.1) is 0 Å². The highest BCUT2D eigenvalue weighted by Gasteiger charge is 2.84. The Morgan fingerprint density at radius 2 is 1.25 bits per heavy atom. The van der Waals surface area contributed by atoms with Crippen molar-refractivity contribution in [3.05, 3.63) is 96.6 Å². The zero-order valence-electron chi connectivity index (χ0n) is 19.5. The fraction of sp³-hybridized carbons (Fsp3) is 0.222. The number of carbonyl (C=O) groups excluding carboxylic acids is 3. The Morgan fingerprint density at radius 3 is 1.78 bits per heavy atom. The van der Waals surface area contributed by atoms with Crippen molar-refractivity contribution in [3.63, 3.8) is 0 Å². The quantitative estimate of drug-likeness (QED) is 0.145. The van der Waals surface area contributed by atoms with Crippen LogP contribution in [0.4, 0.5) is 0 Å². The van der Waals surface area contributed by atoms with Crippen molar-refractivity contribution in [3.8, 4) is 11.5 Å². The van der Waals surface area contributed by atoms with Gasteiger partial charge in [0.2, 0.25) is 0 Å². The molecule has 1 aliphatic rings. The Kier molecular flexibility index (Phi) is 8.35. The molecule has 1 heterocycles. The van der Waals surface area contributed by atoms with E-state index < -0.39 is 27.4 Å².